The molecule has 0 spiro atoms. The lowest BCUT2D eigenvalue weighted by atomic mass is 10.2. The summed E-state index contributed by atoms with van der Waals surface area (Å²) in [4.78, 5) is 29.9. The van der Waals surface area contributed by atoms with Gasteiger partial charge in [-0.15, -0.1) is 0 Å². The predicted octanol–water partition coefficient (Wildman–Crippen LogP) is 4.61. The molecule has 0 saturated heterocycles. The van der Waals surface area contributed by atoms with Crippen molar-refractivity contribution in [2.75, 3.05) is 13.1 Å². The van der Waals surface area contributed by atoms with E-state index < -0.39 is 11.8 Å². The van der Waals surface area contributed by atoms with Crippen LogP contribution in [0, 0.1) is 5.82 Å². The number of halogens is 5. The fourth-order valence-corrected chi connectivity index (χ4v) is 2.95. The van der Waals surface area contributed by atoms with E-state index in [1.54, 1.807) is 19.1 Å². The molecule has 0 unspecified atom stereocenters. The Labute approximate surface area is 175 Å². The first-order valence-electron chi connectivity index (χ1n) is 7.75. The van der Waals surface area contributed by atoms with Gasteiger partial charge in [0.1, 0.15) is 16.7 Å². The number of benzene rings is 1. The van der Waals surface area contributed by atoms with Gasteiger partial charge in [-0.1, -0.05) is 58.5 Å². The molecule has 2 aromatic rings. The van der Waals surface area contributed by atoms with Crippen molar-refractivity contribution in [1.29, 1.82) is 0 Å². The number of hydrogen-bond donors (Lipinski definition) is 1. The number of aromatic nitrogens is 1. The third kappa shape index (κ3) is 5.45. The van der Waals surface area contributed by atoms with Gasteiger partial charge in [0.15, 0.2) is 0 Å². The summed E-state index contributed by atoms with van der Waals surface area (Å²) in [5.41, 5.74) is 0.532. The second-order valence-corrected chi connectivity index (χ2v) is 6.91. The lowest BCUT2D eigenvalue weighted by Crippen LogP contribution is -2.40. The first-order valence-corrected chi connectivity index (χ1v) is 9.26. The van der Waals surface area contributed by atoms with Crippen LogP contribution in [-0.4, -0.2) is 34.8 Å². The molecular formula is C17H14Cl4FN3O2. The minimum Gasteiger partial charge on any atom is -0.350 e. The van der Waals surface area contributed by atoms with Crippen LogP contribution in [0.4, 0.5) is 4.39 Å². The molecule has 0 aliphatic carbocycles. The summed E-state index contributed by atoms with van der Waals surface area (Å²) in [6.07, 6.45) is 0. The van der Waals surface area contributed by atoms with E-state index in [0.717, 1.165) is 5.56 Å². The largest absolute Gasteiger partial charge is 0.350 e. The number of nitrogens with one attached hydrogen (secondary N) is 1. The number of likely N-dealkylation sites (N-methyl/N-ethyl adjacent to an activating group) is 1. The van der Waals surface area contributed by atoms with E-state index >= 15 is 0 Å². The zero-order chi connectivity index (χ0) is 20.1. The summed E-state index contributed by atoms with van der Waals surface area (Å²) >= 11 is 23.7. The third-order valence-corrected chi connectivity index (χ3v) is 5.27. The number of amides is 2. The van der Waals surface area contributed by atoms with Crippen molar-refractivity contribution in [3.05, 3.63) is 61.6 Å². The Bertz CT molecular complexity index is 862. The molecule has 2 rings (SSSR count). The molecule has 2 amide bonds. The van der Waals surface area contributed by atoms with Crippen LogP contribution in [0.3, 0.4) is 0 Å². The van der Waals surface area contributed by atoms with E-state index in [9.17, 15) is 14.0 Å². The average molecular weight is 453 g/mol. The van der Waals surface area contributed by atoms with Crippen LogP contribution in [0.25, 0.3) is 0 Å². The summed E-state index contributed by atoms with van der Waals surface area (Å²) in [5.74, 6) is -1.38. The van der Waals surface area contributed by atoms with E-state index in [1.165, 1.54) is 17.0 Å². The topological polar surface area (TPSA) is 62.3 Å². The van der Waals surface area contributed by atoms with Crippen molar-refractivity contribution in [2.24, 2.45) is 0 Å². The van der Waals surface area contributed by atoms with Crippen LogP contribution in [-0.2, 0) is 11.3 Å². The molecule has 0 aliphatic rings. The molecule has 1 aromatic carbocycles. The highest BCUT2D eigenvalue weighted by Gasteiger charge is 2.25. The Morgan fingerprint density at radius 1 is 1.07 bits per heavy atom. The van der Waals surface area contributed by atoms with Crippen molar-refractivity contribution < 1.29 is 14.0 Å². The standard InChI is InChI=1S/C17H14Cl4FN3O2/c1-2-25(8-11(26)23-7-9-3-5-10(22)6-4-9)17(27)15-13(19)12(18)14(20)16(21)24-15/h3-6H,2,7-8H2,1H3,(H,23,26). The van der Waals surface area contributed by atoms with Crippen LogP contribution in [0.5, 0.6) is 0 Å². The highest BCUT2D eigenvalue weighted by atomic mass is 35.5. The lowest BCUT2D eigenvalue weighted by molar-refractivity contribution is -0.121. The van der Waals surface area contributed by atoms with E-state index in [2.05, 4.69) is 10.3 Å². The zero-order valence-corrected chi connectivity index (χ0v) is 17.1. The van der Waals surface area contributed by atoms with Gasteiger partial charge in [-0.3, -0.25) is 9.59 Å². The maximum absolute atomic E-state index is 12.9. The zero-order valence-electron chi connectivity index (χ0n) is 14.0. The molecule has 0 bridgehead atoms. The van der Waals surface area contributed by atoms with Crippen molar-refractivity contribution in [2.45, 2.75) is 13.5 Å². The number of pyridine rings is 1. The van der Waals surface area contributed by atoms with Gasteiger partial charge in [0.2, 0.25) is 5.91 Å². The Hall–Kier alpha value is -1.60. The van der Waals surface area contributed by atoms with Gasteiger partial charge >= 0.3 is 0 Å². The van der Waals surface area contributed by atoms with Gasteiger partial charge in [-0.2, -0.15) is 0 Å². The second kappa shape index (κ2) is 9.55. The van der Waals surface area contributed by atoms with Crippen LogP contribution in [0.15, 0.2) is 24.3 Å². The van der Waals surface area contributed by atoms with Gasteiger partial charge in [-0.05, 0) is 24.6 Å². The minimum atomic E-state index is -0.611. The van der Waals surface area contributed by atoms with Gasteiger partial charge in [-0.25, -0.2) is 9.37 Å². The molecule has 1 N–H and O–H groups in total. The van der Waals surface area contributed by atoms with E-state index in [4.69, 9.17) is 46.4 Å². The fraction of sp³-hybridized carbons (Fsp3) is 0.235. The third-order valence-electron chi connectivity index (χ3n) is 3.59. The first kappa shape index (κ1) is 21.7. The number of carbonyl (C=O) groups excluding carboxylic acids is 2. The van der Waals surface area contributed by atoms with Gasteiger partial charge < -0.3 is 10.2 Å². The Morgan fingerprint density at radius 2 is 1.70 bits per heavy atom. The molecule has 144 valence electrons. The van der Waals surface area contributed by atoms with E-state index in [1.807, 2.05) is 0 Å². The SMILES string of the molecule is CCN(CC(=O)NCc1ccc(F)cc1)C(=O)c1nc(Cl)c(Cl)c(Cl)c1Cl. The molecule has 1 heterocycles. The highest BCUT2D eigenvalue weighted by molar-refractivity contribution is 6.52. The summed E-state index contributed by atoms with van der Waals surface area (Å²) in [5, 5.41) is 2.22. The molecular weight excluding hydrogens is 439 g/mol. The summed E-state index contributed by atoms with van der Waals surface area (Å²) in [6.45, 7) is 1.88. The maximum Gasteiger partial charge on any atom is 0.274 e. The number of carbonyl (C=O) groups is 2. The normalized spacial score (nSPS) is 10.6. The van der Waals surface area contributed by atoms with Gasteiger partial charge in [0, 0.05) is 13.1 Å². The molecule has 10 heteroatoms. The monoisotopic (exact) mass is 451 g/mol. The van der Waals surface area contributed by atoms with Gasteiger partial charge in [0.05, 0.1) is 21.6 Å². The number of hydrogen-bond acceptors (Lipinski definition) is 3. The molecule has 0 radical (unpaired) electrons. The molecule has 5 nitrogen and oxygen atoms in total. The summed E-state index contributed by atoms with van der Waals surface area (Å²) in [6, 6.07) is 5.70. The van der Waals surface area contributed by atoms with Crippen LogP contribution >= 0.6 is 46.4 Å². The molecule has 27 heavy (non-hydrogen) atoms. The first-order chi connectivity index (χ1) is 12.7. The predicted molar refractivity (Wildman–Crippen MR) is 104 cm³/mol. The minimum absolute atomic E-state index is 0.0556. The molecule has 0 saturated carbocycles. The Balaban J connectivity index is 2.06. The van der Waals surface area contributed by atoms with Crippen LogP contribution < -0.4 is 5.32 Å². The molecule has 0 atom stereocenters. The van der Waals surface area contributed by atoms with E-state index in [0.29, 0.717) is 0 Å². The molecule has 1 aromatic heterocycles. The second-order valence-electron chi connectivity index (χ2n) is 5.42. The fourth-order valence-electron chi connectivity index (χ4n) is 2.14. The Kier molecular flexibility index (Phi) is 7.68. The van der Waals surface area contributed by atoms with E-state index in [-0.39, 0.29) is 51.4 Å². The quantitative estimate of drug-likeness (QED) is 0.650. The highest BCUT2D eigenvalue weighted by Crippen LogP contribution is 2.36. The van der Waals surface area contributed by atoms with Crippen LogP contribution in [0.1, 0.15) is 23.0 Å². The smallest absolute Gasteiger partial charge is 0.274 e. The number of rotatable bonds is 6. The van der Waals surface area contributed by atoms with Gasteiger partial charge in [0.25, 0.3) is 5.91 Å². The van der Waals surface area contributed by atoms with Crippen molar-refractivity contribution in [3.8, 4) is 0 Å². The molecule has 0 fully saturated rings. The lowest BCUT2D eigenvalue weighted by Gasteiger charge is -2.21. The van der Waals surface area contributed by atoms with Crippen LogP contribution in [0.2, 0.25) is 20.2 Å². The molecule has 0 aliphatic heterocycles. The summed E-state index contributed by atoms with van der Waals surface area (Å²) in [7, 11) is 0. The van der Waals surface area contributed by atoms with Crippen molar-refractivity contribution >= 4 is 58.2 Å². The summed E-state index contributed by atoms with van der Waals surface area (Å²) < 4.78 is 12.9. The maximum atomic E-state index is 12.9. The van der Waals surface area contributed by atoms with Crippen molar-refractivity contribution in [3.63, 3.8) is 0 Å². The van der Waals surface area contributed by atoms with Crippen molar-refractivity contribution in [1.82, 2.24) is 15.2 Å². The average Bonchev–Trinajstić information content (AvgIpc) is 2.66. The number of nitrogens with zero attached hydrogens (tertiary/aromatic N) is 2. The Morgan fingerprint density at radius 3 is 2.30 bits per heavy atom.